The molecule has 1 aromatic heterocycles. The van der Waals surface area contributed by atoms with Gasteiger partial charge in [-0.1, -0.05) is 0 Å². The molecule has 0 saturated heterocycles. The van der Waals surface area contributed by atoms with Gasteiger partial charge in [0.2, 0.25) is 0 Å². The Morgan fingerprint density at radius 3 is 2.59 bits per heavy atom. The highest BCUT2D eigenvalue weighted by Crippen LogP contribution is 2.28. The summed E-state index contributed by atoms with van der Waals surface area (Å²) in [5.41, 5.74) is 8.85. The molecule has 0 bridgehead atoms. The summed E-state index contributed by atoms with van der Waals surface area (Å²) in [6, 6.07) is 5.75. The minimum Gasteiger partial charge on any atom is -0.496 e. The van der Waals surface area contributed by atoms with Crippen LogP contribution in [0, 0.1) is 19.3 Å². The molecule has 88 valence electrons. The molecule has 0 saturated carbocycles. The van der Waals surface area contributed by atoms with Gasteiger partial charge in [0.25, 0.3) is 0 Å². The lowest BCUT2D eigenvalue weighted by atomic mass is 10.0. The number of benzene rings is 1. The number of fused-ring (bicyclic) bond motifs is 1. The molecular formula is C13H15N3O. The van der Waals surface area contributed by atoms with Gasteiger partial charge in [-0.05, 0) is 31.5 Å². The normalized spacial score (nSPS) is 10.5. The van der Waals surface area contributed by atoms with Crippen molar-refractivity contribution in [1.82, 2.24) is 4.98 Å². The number of hydrogen-bond acceptors (Lipinski definition) is 3. The van der Waals surface area contributed by atoms with Crippen LogP contribution in [0.5, 0.6) is 5.75 Å². The smallest absolute Gasteiger partial charge is 0.130 e. The van der Waals surface area contributed by atoms with Gasteiger partial charge in [0, 0.05) is 22.7 Å². The summed E-state index contributed by atoms with van der Waals surface area (Å²) in [6.45, 7) is 3.86. The van der Waals surface area contributed by atoms with Gasteiger partial charge in [0.1, 0.15) is 11.6 Å². The van der Waals surface area contributed by atoms with Crippen LogP contribution in [0.4, 0.5) is 0 Å². The third-order valence-electron chi connectivity index (χ3n) is 2.66. The minimum atomic E-state index is 0.0267. The second-order valence-corrected chi connectivity index (χ2v) is 4.09. The molecular weight excluding hydrogens is 214 g/mol. The molecule has 4 nitrogen and oxygen atoms in total. The average Bonchev–Trinajstić information content (AvgIpc) is 2.27. The van der Waals surface area contributed by atoms with Gasteiger partial charge in [-0.15, -0.1) is 0 Å². The van der Waals surface area contributed by atoms with Gasteiger partial charge in [-0.25, -0.2) is 0 Å². The van der Waals surface area contributed by atoms with E-state index in [2.05, 4.69) is 4.98 Å². The number of hydrogen-bond donors (Lipinski definition) is 2. The van der Waals surface area contributed by atoms with Gasteiger partial charge in [-0.3, -0.25) is 10.4 Å². The summed E-state index contributed by atoms with van der Waals surface area (Å²) >= 11 is 0. The SMILES string of the molecule is COc1cc(C)nc2c(C(=N)N)cc(C)cc12. The second kappa shape index (κ2) is 4.05. The van der Waals surface area contributed by atoms with E-state index in [9.17, 15) is 0 Å². The van der Waals surface area contributed by atoms with Gasteiger partial charge in [0.05, 0.1) is 12.6 Å². The molecule has 0 aliphatic heterocycles. The Balaban J connectivity index is 2.93. The molecule has 0 radical (unpaired) electrons. The molecule has 2 rings (SSSR count). The summed E-state index contributed by atoms with van der Waals surface area (Å²) in [4.78, 5) is 4.45. The molecule has 17 heavy (non-hydrogen) atoms. The maximum Gasteiger partial charge on any atom is 0.130 e. The molecule has 0 spiro atoms. The molecule has 0 amide bonds. The third kappa shape index (κ3) is 1.93. The average molecular weight is 229 g/mol. The van der Waals surface area contributed by atoms with Crippen LogP contribution in [0.1, 0.15) is 16.8 Å². The quantitative estimate of drug-likeness (QED) is 0.612. The lowest BCUT2D eigenvalue weighted by molar-refractivity contribution is 0.419. The van der Waals surface area contributed by atoms with Crippen molar-refractivity contribution in [3.8, 4) is 5.75 Å². The van der Waals surface area contributed by atoms with Crippen LogP contribution < -0.4 is 10.5 Å². The highest BCUT2D eigenvalue weighted by atomic mass is 16.5. The highest BCUT2D eigenvalue weighted by Gasteiger charge is 2.11. The van der Waals surface area contributed by atoms with Crippen molar-refractivity contribution >= 4 is 16.7 Å². The van der Waals surface area contributed by atoms with E-state index in [1.807, 2.05) is 32.0 Å². The van der Waals surface area contributed by atoms with E-state index in [4.69, 9.17) is 15.9 Å². The van der Waals surface area contributed by atoms with Crippen LogP contribution in [0.2, 0.25) is 0 Å². The largest absolute Gasteiger partial charge is 0.496 e. The van der Waals surface area contributed by atoms with Crippen molar-refractivity contribution in [1.29, 1.82) is 5.41 Å². The summed E-state index contributed by atoms with van der Waals surface area (Å²) in [7, 11) is 1.63. The fourth-order valence-electron chi connectivity index (χ4n) is 1.94. The van der Waals surface area contributed by atoms with E-state index in [0.29, 0.717) is 5.56 Å². The topological polar surface area (TPSA) is 72.0 Å². The van der Waals surface area contributed by atoms with Crippen molar-refractivity contribution in [3.63, 3.8) is 0 Å². The predicted octanol–water partition coefficient (Wildman–Crippen LogP) is 2.14. The summed E-state index contributed by atoms with van der Waals surface area (Å²) in [6.07, 6.45) is 0. The number of nitrogens with zero attached hydrogens (tertiary/aromatic N) is 1. The number of ether oxygens (including phenoxy) is 1. The van der Waals surface area contributed by atoms with Crippen molar-refractivity contribution < 1.29 is 4.74 Å². The Morgan fingerprint density at radius 2 is 2.00 bits per heavy atom. The zero-order valence-electron chi connectivity index (χ0n) is 10.2. The van der Waals surface area contributed by atoms with E-state index < -0.39 is 0 Å². The van der Waals surface area contributed by atoms with Crippen LogP contribution in [-0.2, 0) is 0 Å². The molecule has 0 atom stereocenters. The summed E-state index contributed by atoms with van der Waals surface area (Å²) < 4.78 is 5.35. The van der Waals surface area contributed by atoms with Gasteiger partial charge < -0.3 is 10.5 Å². The van der Waals surface area contributed by atoms with E-state index in [1.165, 1.54) is 0 Å². The van der Waals surface area contributed by atoms with E-state index >= 15 is 0 Å². The third-order valence-corrected chi connectivity index (χ3v) is 2.66. The monoisotopic (exact) mass is 229 g/mol. The van der Waals surface area contributed by atoms with Gasteiger partial charge >= 0.3 is 0 Å². The Morgan fingerprint density at radius 1 is 1.29 bits per heavy atom. The van der Waals surface area contributed by atoms with Crippen LogP contribution in [-0.4, -0.2) is 17.9 Å². The van der Waals surface area contributed by atoms with Crippen LogP contribution in [0.25, 0.3) is 10.9 Å². The first-order valence-corrected chi connectivity index (χ1v) is 5.33. The first kappa shape index (κ1) is 11.4. The fourth-order valence-corrected chi connectivity index (χ4v) is 1.94. The lowest BCUT2D eigenvalue weighted by Gasteiger charge is -2.11. The van der Waals surface area contributed by atoms with Crippen molar-refractivity contribution in [3.05, 3.63) is 35.0 Å². The van der Waals surface area contributed by atoms with Gasteiger partial charge in [0.15, 0.2) is 0 Å². The Hall–Kier alpha value is -2.10. The zero-order chi connectivity index (χ0) is 12.6. The van der Waals surface area contributed by atoms with E-state index in [-0.39, 0.29) is 5.84 Å². The molecule has 2 aromatic rings. The first-order chi connectivity index (χ1) is 8.02. The Labute approximate surface area is 99.9 Å². The predicted molar refractivity (Wildman–Crippen MR) is 68.8 cm³/mol. The molecule has 3 N–H and O–H groups in total. The Kier molecular flexibility index (Phi) is 2.71. The number of rotatable bonds is 2. The summed E-state index contributed by atoms with van der Waals surface area (Å²) in [5.74, 6) is 0.789. The number of pyridine rings is 1. The fraction of sp³-hybridized carbons (Fsp3) is 0.231. The van der Waals surface area contributed by atoms with E-state index in [1.54, 1.807) is 7.11 Å². The molecule has 0 aliphatic carbocycles. The molecule has 0 fully saturated rings. The van der Waals surface area contributed by atoms with Gasteiger partial charge in [-0.2, -0.15) is 0 Å². The second-order valence-electron chi connectivity index (χ2n) is 4.09. The standard InChI is InChI=1S/C13H15N3O/c1-7-4-9-11(17-3)6-8(2)16-12(9)10(5-7)13(14)15/h4-6H,1-3H3,(H3,14,15). The number of nitrogen functional groups attached to an aromatic ring is 1. The van der Waals surface area contributed by atoms with Crippen molar-refractivity contribution in [2.75, 3.05) is 7.11 Å². The number of aromatic nitrogens is 1. The maximum atomic E-state index is 7.61. The number of amidine groups is 1. The molecule has 1 heterocycles. The molecule has 0 aliphatic rings. The maximum absolute atomic E-state index is 7.61. The van der Waals surface area contributed by atoms with Crippen molar-refractivity contribution in [2.24, 2.45) is 5.73 Å². The molecule has 4 heteroatoms. The highest BCUT2D eigenvalue weighted by molar-refractivity contribution is 6.07. The van der Waals surface area contributed by atoms with Crippen LogP contribution >= 0.6 is 0 Å². The van der Waals surface area contributed by atoms with Crippen molar-refractivity contribution in [2.45, 2.75) is 13.8 Å². The number of aryl methyl sites for hydroxylation is 2. The molecule has 1 aromatic carbocycles. The summed E-state index contributed by atoms with van der Waals surface area (Å²) in [5, 5.41) is 8.50. The molecule has 0 unspecified atom stereocenters. The number of methoxy groups -OCH3 is 1. The van der Waals surface area contributed by atoms with Crippen LogP contribution in [0.3, 0.4) is 0 Å². The minimum absolute atomic E-state index is 0.0267. The van der Waals surface area contributed by atoms with E-state index in [0.717, 1.165) is 27.9 Å². The lowest BCUT2D eigenvalue weighted by Crippen LogP contribution is -2.12. The van der Waals surface area contributed by atoms with Crippen LogP contribution in [0.15, 0.2) is 18.2 Å². The first-order valence-electron chi connectivity index (χ1n) is 5.33. The Bertz CT molecular complexity index is 605. The number of nitrogens with one attached hydrogen (secondary N) is 1. The zero-order valence-corrected chi connectivity index (χ0v) is 10.2. The number of nitrogens with two attached hydrogens (primary N) is 1.